The summed E-state index contributed by atoms with van der Waals surface area (Å²) in [5.41, 5.74) is 0. The van der Waals surface area contributed by atoms with Crippen LogP contribution in [0.5, 0.6) is 0 Å². The van der Waals surface area contributed by atoms with E-state index in [0.29, 0.717) is 18.5 Å². The fourth-order valence-corrected chi connectivity index (χ4v) is 2.31. The third kappa shape index (κ3) is 4.52. The van der Waals surface area contributed by atoms with Crippen LogP contribution in [0.3, 0.4) is 0 Å². The number of methoxy groups -OCH3 is 1. The van der Waals surface area contributed by atoms with E-state index in [1.165, 1.54) is 7.11 Å². The van der Waals surface area contributed by atoms with Crippen LogP contribution in [-0.2, 0) is 4.74 Å². The minimum absolute atomic E-state index is 0.206. The lowest BCUT2D eigenvalue weighted by Gasteiger charge is -2.37. The molecule has 0 spiro atoms. The third-order valence-corrected chi connectivity index (χ3v) is 3.32. The molecule has 0 aliphatic carbocycles. The van der Waals surface area contributed by atoms with E-state index < -0.39 is 0 Å². The van der Waals surface area contributed by atoms with Crippen molar-refractivity contribution in [3.63, 3.8) is 0 Å². The standard InChI is InChI=1S/C12H24N2O3/c1-3-10-7-11(13-5-4-6-15)9-14(8-10)12(16)17-2/h10-11,13,15H,3-9H2,1-2H3. The topological polar surface area (TPSA) is 61.8 Å². The smallest absolute Gasteiger partial charge is 0.409 e. The predicted molar refractivity (Wildman–Crippen MR) is 65.9 cm³/mol. The monoisotopic (exact) mass is 244 g/mol. The lowest BCUT2D eigenvalue weighted by Crippen LogP contribution is -2.51. The molecule has 1 amide bonds. The first-order valence-electron chi connectivity index (χ1n) is 6.38. The Balaban J connectivity index is 2.45. The minimum Gasteiger partial charge on any atom is -0.453 e. The molecule has 1 fully saturated rings. The number of aliphatic hydroxyl groups is 1. The van der Waals surface area contributed by atoms with Gasteiger partial charge in [0, 0.05) is 25.7 Å². The molecule has 0 aromatic heterocycles. The molecular formula is C12H24N2O3. The van der Waals surface area contributed by atoms with Crippen LogP contribution in [0.25, 0.3) is 0 Å². The second kappa shape index (κ2) is 7.50. The number of hydrogen-bond acceptors (Lipinski definition) is 4. The Labute approximate surface area is 103 Å². The van der Waals surface area contributed by atoms with Crippen molar-refractivity contribution in [1.82, 2.24) is 10.2 Å². The number of likely N-dealkylation sites (tertiary alicyclic amines) is 1. The fourth-order valence-electron chi connectivity index (χ4n) is 2.31. The van der Waals surface area contributed by atoms with E-state index in [1.54, 1.807) is 4.90 Å². The molecule has 2 atom stereocenters. The van der Waals surface area contributed by atoms with Crippen molar-refractivity contribution in [3.05, 3.63) is 0 Å². The van der Waals surface area contributed by atoms with Crippen molar-refractivity contribution in [1.29, 1.82) is 0 Å². The van der Waals surface area contributed by atoms with Gasteiger partial charge in [0.05, 0.1) is 7.11 Å². The molecule has 0 radical (unpaired) electrons. The van der Waals surface area contributed by atoms with Gasteiger partial charge in [-0.05, 0) is 25.3 Å². The number of amides is 1. The summed E-state index contributed by atoms with van der Waals surface area (Å²) in [5, 5.41) is 12.1. The van der Waals surface area contributed by atoms with Crippen molar-refractivity contribution in [2.75, 3.05) is 33.4 Å². The van der Waals surface area contributed by atoms with Gasteiger partial charge in [-0.25, -0.2) is 4.79 Å². The third-order valence-electron chi connectivity index (χ3n) is 3.32. The Hall–Kier alpha value is -0.810. The molecule has 17 heavy (non-hydrogen) atoms. The quantitative estimate of drug-likeness (QED) is 0.703. The maximum absolute atomic E-state index is 11.5. The second-order valence-corrected chi connectivity index (χ2v) is 4.61. The predicted octanol–water partition coefficient (Wildman–Crippen LogP) is 0.825. The minimum atomic E-state index is -0.239. The SMILES string of the molecule is CCC1CC(NCCCO)CN(C(=O)OC)C1. The largest absolute Gasteiger partial charge is 0.453 e. The average Bonchev–Trinajstić information content (AvgIpc) is 2.37. The van der Waals surface area contributed by atoms with Crippen LogP contribution in [0.15, 0.2) is 0 Å². The maximum atomic E-state index is 11.5. The summed E-state index contributed by atoms with van der Waals surface area (Å²) in [6.07, 6.45) is 2.68. The summed E-state index contributed by atoms with van der Waals surface area (Å²) in [7, 11) is 1.42. The molecule has 2 unspecified atom stereocenters. The van der Waals surface area contributed by atoms with E-state index >= 15 is 0 Å². The first-order chi connectivity index (χ1) is 8.21. The van der Waals surface area contributed by atoms with Gasteiger partial charge in [-0.15, -0.1) is 0 Å². The Morgan fingerprint density at radius 3 is 2.88 bits per heavy atom. The van der Waals surface area contributed by atoms with E-state index in [0.717, 1.165) is 32.4 Å². The molecule has 1 aliphatic heterocycles. The van der Waals surface area contributed by atoms with Crippen molar-refractivity contribution < 1.29 is 14.6 Å². The van der Waals surface area contributed by atoms with Crippen LogP contribution in [0.1, 0.15) is 26.2 Å². The highest BCUT2D eigenvalue weighted by atomic mass is 16.5. The highest BCUT2D eigenvalue weighted by Gasteiger charge is 2.29. The van der Waals surface area contributed by atoms with Gasteiger partial charge in [-0.3, -0.25) is 0 Å². The zero-order chi connectivity index (χ0) is 12.7. The van der Waals surface area contributed by atoms with Crippen LogP contribution in [0.4, 0.5) is 4.79 Å². The first kappa shape index (κ1) is 14.3. The number of carbonyl (C=O) groups excluding carboxylic acids is 1. The van der Waals surface area contributed by atoms with Crippen molar-refractivity contribution >= 4 is 6.09 Å². The molecule has 0 aromatic carbocycles. The Morgan fingerprint density at radius 2 is 2.29 bits per heavy atom. The number of carbonyl (C=O) groups is 1. The highest BCUT2D eigenvalue weighted by Crippen LogP contribution is 2.20. The summed E-state index contributed by atoms with van der Waals surface area (Å²) in [5.74, 6) is 0.537. The van der Waals surface area contributed by atoms with Gasteiger partial charge in [0.2, 0.25) is 0 Å². The van der Waals surface area contributed by atoms with E-state index in [-0.39, 0.29) is 12.7 Å². The first-order valence-corrected chi connectivity index (χ1v) is 6.38. The Bertz CT molecular complexity index is 236. The van der Waals surface area contributed by atoms with Crippen LogP contribution in [0.2, 0.25) is 0 Å². The van der Waals surface area contributed by atoms with Gasteiger partial charge in [-0.1, -0.05) is 13.3 Å². The number of aliphatic hydroxyl groups excluding tert-OH is 1. The summed E-state index contributed by atoms with van der Waals surface area (Å²) >= 11 is 0. The van der Waals surface area contributed by atoms with Crippen LogP contribution in [0, 0.1) is 5.92 Å². The van der Waals surface area contributed by atoms with Gasteiger partial charge in [-0.2, -0.15) is 0 Å². The van der Waals surface area contributed by atoms with Gasteiger partial charge >= 0.3 is 6.09 Å². The van der Waals surface area contributed by atoms with E-state index in [2.05, 4.69) is 12.2 Å². The fraction of sp³-hybridized carbons (Fsp3) is 0.917. The summed E-state index contributed by atoms with van der Waals surface area (Å²) < 4.78 is 4.78. The zero-order valence-corrected chi connectivity index (χ0v) is 10.8. The van der Waals surface area contributed by atoms with Gasteiger partial charge in [0.15, 0.2) is 0 Å². The van der Waals surface area contributed by atoms with Gasteiger partial charge in [0.1, 0.15) is 0 Å². The number of ether oxygens (including phenoxy) is 1. The number of nitrogens with zero attached hydrogens (tertiary/aromatic N) is 1. The van der Waals surface area contributed by atoms with Crippen molar-refractivity contribution in [2.45, 2.75) is 32.2 Å². The molecule has 5 heteroatoms. The second-order valence-electron chi connectivity index (χ2n) is 4.61. The zero-order valence-electron chi connectivity index (χ0n) is 10.8. The lowest BCUT2D eigenvalue weighted by molar-refractivity contribution is 0.0898. The number of rotatable bonds is 5. The normalized spacial score (nSPS) is 24.8. The molecule has 1 aliphatic rings. The number of piperidine rings is 1. The van der Waals surface area contributed by atoms with Gasteiger partial charge in [0.25, 0.3) is 0 Å². The molecule has 0 bridgehead atoms. The summed E-state index contributed by atoms with van der Waals surface area (Å²) in [4.78, 5) is 13.3. The molecule has 5 nitrogen and oxygen atoms in total. The molecule has 0 saturated carbocycles. The van der Waals surface area contributed by atoms with Crippen molar-refractivity contribution in [3.8, 4) is 0 Å². The number of nitrogens with one attached hydrogen (secondary N) is 1. The molecule has 1 heterocycles. The molecule has 1 rings (SSSR count). The number of hydrogen-bond donors (Lipinski definition) is 2. The van der Waals surface area contributed by atoms with Crippen LogP contribution >= 0.6 is 0 Å². The summed E-state index contributed by atoms with van der Waals surface area (Å²) in [6.45, 7) is 4.65. The molecule has 1 saturated heterocycles. The van der Waals surface area contributed by atoms with E-state index in [9.17, 15) is 4.79 Å². The Kier molecular flexibility index (Phi) is 6.29. The highest BCUT2D eigenvalue weighted by molar-refractivity contribution is 5.67. The maximum Gasteiger partial charge on any atom is 0.409 e. The van der Waals surface area contributed by atoms with Gasteiger partial charge < -0.3 is 20.1 Å². The van der Waals surface area contributed by atoms with Crippen LogP contribution < -0.4 is 5.32 Å². The average molecular weight is 244 g/mol. The Morgan fingerprint density at radius 1 is 1.53 bits per heavy atom. The summed E-state index contributed by atoms with van der Waals surface area (Å²) in [6, 6.07) is 0.319. The molecule has 2 N–H and O–H groups in total. The molecule has 100 valence electrons. The van der Waals surface area contributed by atoms with E-state index in [1.807, 2.05) is 0 Å². The lowest BCUT2D eigenvalue weighted by atomic mass is 9.92. The van der Waals surface area contributed by atoms with Crippen LogP contribution in [-0.4, -0.2) is 55.5 Å². The molecular weight excluding hydrogens is 220 g/mol. The van der Waals surface area contributed by atoms with Crippen molar-refractivity contribution in [2.24, 2.45) is 5.92 Å². The van der Waals surface area contributed by atoms with E-state index in [4.69, 9.17) is 9.84 Å². The molecule has 0 aromatic rings.